The number of aromatic carboxylic acids is 1. The number of aromatic hydroxyl groups is 1. The second-order valence-electron chi connectivity index (χ2n) is 6.00. The standard InChI is InChI=1S/C19H12ClFN4O3/c20-12-7-10(4-5-14(12)26)16-15(9-2-1-3-11(21)6-9)24-17(22)18-23-13(19(27)28)8-25(16)18/h1-8,26H,(H2,22,24)(H,27,28). The van der Waals surface area contributed by atoms with E-state index in [1.807, 2.05) is 0 Å². The number of nitrogens with two attached hydrogens (primary N) is 1. The van der Waals surface area contributed by atoms with Gasteiger partial charge in [0.25, 0.3) is 0 Å². The maximum absolute atomic E-state index is 13.8. The van der Waals surface area contributed by atoms with Gasteiger partial charge < -0.3 is 15.9 Å². The van der Waals surface area contributed by atoms with Crippen LogP contribution >= 0.6 is 11.6 Å². The maximum atomic E-state index is 13.8. The molecule has 0 bridgehead atoms. The van der Waals surface area contributed by atoms with Crippen LogP contribution in [0.4, 0.5) is 10.2 Å². The molecule has 9 heteroatoms. The third kappa shape index (κ3) is 2.89. The molecular formula is C19H12ClFN4O3. The highest BCUT2D eigenvalue weighted by Gasteiger charge is 2.21. The molecule has 0 aliphatic rings. The number of hydrogen-bond acceptors (Lipinski definition) is 5. The lowest BCUT2D eigenvalue weighted by Gasteiger charge is -2.14. The van der Waals surface area contributed by atoms with Crippen LogP contribution in [0.5, 0.6) is 5.75 Å². The van der Waals surface area contributed by atoms with Crippen LogP contribution in [-0.2, 0) is 0 Å². The van der Waals surface area contributed by atoms with Crippen LogP contribution in [0, 0.1) is 5.82 Å². The number of halogens is 2. The summed E-state index contributed by atoms with van der Waals surface area (Å²) in [6, 6.07) is 10.2. The van der Waals surface area contributed by atoms with E-state index < -0.39 is 11.8 Å². The number of imidazole rings is 1. The Bertz CT molecular complexity index is 1260. The van der Waals surface area contributed by atoms with Crippen LogP contribution in [0.3, 0.4) is 0 Å². The van der Waals surface area contributed by atoms with Crippen molar-refractivity contribution in [1.82, 2.24) is 14.4 Å². The van der Waals surface area contributed by atoms with Gasteiger partial charge in [0.2, 0.25) is 0 Å². The number of phenols is 1. The normalized spacial score (nSPS) is 11.1. The topological polar surface area (TPSA) is 114 Å². The van der Waals surface area contributed by atoms with Crippen molar-refractivity contribution in [3.8, 4) is 28.3 Å². The van der Waals surface area contributed by atoms with Crippen molar-refractivity contribution in [2.45, 2.75) is 0 Å². The average Bonchev–Trinajstić information content (AvgIpc) is 3.10. The van der Waals surface area contributed by atoms with Crippen molar-refractivity contribution in [2.75, 3.05) is 5.73 Å². The molecule has 0 atom stereocenters. The van der Waals surface area contributed by atoms with E-state index in [0.717, 1.165) is 0 Å². The number of fused-ring (bicyclic) bond motifs is 1. The van der Waals surface area contributed by atoms with Crippen LogP contribution in [0.1, 0.15) is 10.5 Å². The molecule has 7 nitrogen and oxygen atoms in total. The number of nitrogens with zero attached hydrogens (tertiary/aromatic N) is 3. The van der Waals surface area contributed by atoms with Crippen molar-refractivity contribution < 1.29 is 19.4 Å². The zero-order valence-corrected chi connectivity index (χ0v) is 14.9. The summed E-state index contributed by atoms with van der Waals surface area (Å²) in [6.45, 7) is 0. The van der Waals surface area contributed by atoms with E-state index in [9.17, 15) is 19.4 Å². The van der Waals surface area contributed by atoms with Crippen molar-refractivity contribution >= 4 is 29.0 Å². The summed E-state index contributed by atoms with van der Waals surface area (Å²) >= 11 is 6.05. The Labute approximate surface area is 162 Å². The minimum atomic E-state index is -1.23. The average molecular weight is 399 g/mol. The minimum Gasteiger partial charge on any atom is -0.506 e. The number of carboxylic acids is 1. The van der Waals surface area contributed by atoms with Gasteiger partial charge in [-0.25, -0.2) is 19.2 Å². The fourth-order valence-corrected chi connectivity index (χ4v) is 3.12. The van der Waals surface area contributed by atoms with Crippen LogP contribution in [0.2, 0.25) is 5.02 Å². The molecule has 0 saturated carbocycles. The molecule has 2 aromatic carbocycles. The molecule has 0 aliphatic carbocycles. The molecular weight excluding hydrogens is 387 g/mol. The molecule has 0 spiro atoms. The smallest absolute Gasteiger partial charge is 0.356 e. The van der Waals surface area contributed by atoms with Gasteiger partial charge in [-0.05, 0) is 30.3 Å². The fraction of sp³-hybridized carbons (Fsp3) is 0. The van der Waals surface area contributed by atoms with Crippen LogP contribution in [0.15, 0.2) is 48.7 Å². The van der Waals surface area contributed by atoms with Gasteiger partial charge in [-0.15, -0.1) is 0 Å². The number of anilines is 1. The Morgan fingerprint density at radius 3 is 2.61 bits per heavy atom. The van der Waals surface area contributed by atoms with E-state index in [1.54, 1.807) is 12.1 Å². The van der Waals surface area contributed by atoms with Crippen LogP contribution < -0.4 is 5.73 Å². The van der Waals surface area contributed by atoms with Crippen molar-refractivity contribution in [1.29, 1.82) is 0 Å². The first kappa shape index (κ1) is 17.7. The number of benzene rings is 2. The summed E-state index contributed by atoms with van der Waals surface area (Å²) in [5.74, 6) is -1.83. The van der Waals surface area contributed by atoms with Gasteiger partial charge in [0.15, 0.2) is 17.2 Å². The third-order valence-corrected chi connectivity index (χ3v) is 4.47. The third-order valence-electron chi connectivity index (χ3n) is 4.17. The molecule has 0 fully saturated rings. The molecule has 0 aliphatic heterocycles. The van der Waals surface area contributed by atoms with E-state index in [0.29, 0.717) is 22.5 Å². The van der Waals surface area contributed by atoms with Gasteiger partial charge in [-0.2, -0.15) is 0 Å². The molecule has 140 valence electrons. The predicted molar refractivity (Wildman–Crippen MR) is 102 cm³/mol. The predicted octanol–water partition coefficient (Wildman–Crippen LogP) is 3.84. The highest BCUT2D eigenvalue weighted by Crippen LogP contribution is 2.36. The van der Waals surface area contributed by atoms with Crippen molar-refractivity contribution in [3.05, 3.63) is 65.2 Å². The highest BCUT2D eigenvalue weighted by molar-refractivity contribution is 6.32. The lowest BCUT2D eigenvalue weighted by molar-refractivity contribution is 0.0691. The minimum absolute atomic E-state index is 0.0135. The van der Waals surface area contributed by atoms with Gasteiger partial charge in [0.1, 0.15) is 11.6 Å². The largest absolute Gasteiger partial charge is 0.506 e. The van der Waals surface area contributed by atoms with E-state index in [4.69, 9.17) is 17.3 Å². The summed E-state index contributed by atoms with van der Waals surface area (Å²) in [6.07, 6.45) is 1.30. The number of aromatic nitrogens is 3. The van der Waals surface area contributed by atoms with Gasteiger partial charge >= 0.3 is 5.97 Å². The highest BCUT2D eigenvalue weighted by atomic mass is 35.5. The first-order valence-electron chi connectivity index (χ1n) is 8.02. The summed E-state index contributed by atoms with van der Waals surface area (Å²) in [5.41, 5.74) is 7.55. The molecule has 4 aromatic rings. The second-order valence-corrected chi connectivity index (χ2v) is 6.40. The van der Waals surface area contributed by atoms with Gasteiger partial charge in [0, 0.05) is 17.3 Å². The zero-order chi connectivity index (χ0) is 20.0. The summed E-state index contributed by atoms with van der Waals surface area (Å²) in [7, 11) is 0. The number of hydrogen-bond donors (Lipinski definition) is 3. The summed E-state index contributed by atoms with van der Waals surface area (Å²) in [4.78, 5) is 19.7. The van der Waals surface area contributed by atoms with Crippen molar-refractivity contribution in [3.63, 3.8) is 0 Å². The van der Waals surface area contributed by atoms with E-state index in [1.165, 1.54) is 40.9 Å². The molecule has 0 radical (unpaired) electrons. The molecule has 0 unspecified atom stereocenters. The lowest BCUT2D eigenvalue weighted by atomic mass is 10.0. The molecule has 0 amide bonds. The number of carbonyl (C=O) groups is 1. The number of rotatable bonds is 3. The SMILES string of the molecule is Nc1nc(-c2cccc(F)c2)c(-c2ccc(O)c(Cl)c2)n2cc(C(=O)O)nc12. The first-order chi connectivity index (χ1) is 13.3. The number of nitrogen functional groups attached to an aromatic ring is 1. The van der Waals surface area contributed by atoms with Gasteiger partial charge in [-0.1, -0.05) is 23.7 Å². The van der Waals surface area contributed by atoms with E-state index in [2.05, 4.69) is 9.97 Å². The van der Waals surface area contributed by atoms with Gasteiger partial charge in [-0.3, -0.25) is 4.40 Å². The second kappa shape index (κ2) is 6.50. The van der Waals surface area contributed by atoms with Crippen LogP contribution in [-0.4, -0.2) is 30.6 Å². The lowest BCUT2D eigenvalue weighted by Crippen LogP contribution is -2.03. The fourth-order valence-electron chi connectivity index (χ4n) is 2.94. The quantitative estimate of drug-likeness (QED) is 0.483. The zero-order valence-electron chi connectivity index (χ0n) is 14.1. The Balaban J connectivity index is 2.13. The molecule has 4 N–H and O–H groups in total. The Hall–Kier alpha value is -3.65. The monoisotopic (exact) mass is 398 g/mol. The maximum Gasteiger partial charge on any atom is 0.356 e. The molecule has 2 aromatic heterocycles. The van der Waals surface area contributed by atoms with Crippen LogP contribution in [0.25, 0.3) is 28.2 Å². The van der Waals surface area contributed by atoms with Gasteiger partial charge in [0.05, 0.1) is 16.4 Å². The Kier molecular flexibility index (Phi) is 4.12. The Morgan fingerprint density at radius 1 is 1.14 bits per heavy atom. The number of phenolic OH excluding ortho intramolecular Hbond substituents is 1. The molecule has 2 heterocycles. The molecule has 0 saturated heterocycles. The van der Waals surface area contributed by atoms with E-state index >= 15 is 0 Å². The van der Waals surface area contributed by atoms with Crippen molar-refractivity contribution in [2.24, 2.45) is 0 Å². The summed E-state index contributed by atoms with van der Waals surface area (Å²) < 4.78 is 15.3. The van der Waals surface area contributed by atoms with E-state index in [-0.39, 0.29) is 27.9 Å². The number of carboxylic acid groups (broad SMARTS) is 1. The molecule has 28 heavy (non-hydrogen) atoms. The molecule has 4 rings (SSSR count). The summed E-state index contributed by atoms with van der Waals surface area (Å²) in [5, 5.41) is 19.1. The Morgan fingerprint density at radius 2 is 1.93 bits per heavy atom. The first-order valence-corrected chi connectivity index (χ1v) is 8.39.